The van der Waals surface area contributed by atoms with Gasteiger partial charge in [0.1, 0.15) is 23.9 Å². The molecule has 3 fully saturated rings. The first-order valence-electron chi connectivity index (χ1n) is 20.8. The highest BCUT2D eigenvalue weighted by Crippen LogP contribution is 2.41. The van der Waals surface area contributed by atoms with Crippen LogP contribution in [0.3, 0.4) is 0 Å². The second-order valence-electron chi connectivity index (χ2n) is 17.7. The Balaban J connectivity index is 2.22. The molecule has 3 saturated heterocycles. The third kappa shape index (κ3) is 12.1. The van der Waals surface area contributed by atoms with Crippen molar-refractivity contribution in [1.82, 2.24) is 4.90 Å². The van der Waals surface area contributed by atoms with Crippen LogP contribution in [-0.2, 0) is 47.5 Å². The molecule has 3 aliphatic heterocycles. The molecule has 3 heterocycles. The van der Waals surface area contributed by atoms with Crippen molar-refractivity contribution in [2.75, 3.05) is 48.3 Å². The molecular formula is C41H76N2O15. The maximum absolute atomic E-state index is 14.3. The van der Waals surface area contributed by atoms with Gasteiger partial charge in [0.25, 0.3) is 0 Å². The summed E-state index contributed by atoms with van der Waals surface area (Å²) in [5.74, 6) is -4.14. The smallest absolute Gasteiger partial charge is 0.311 e. The summed E-state index contributed by atoms with van der Waals surface area (Å²) >= 11 is 0. The molecule has 9 unspecified atom stereocenters. The Bertz CT molecular complexity index is 1300. The number of ether oxygens (including phenoxy) is 8. The van der Waals surface area contributed by atoms with Crippen LogP contribution in [0.5, 0.6) is 0 Å². The normalized spacial score (nSPS) is 45.8. The van der Waals surface area contributed by atoms with Crippen LogP contribution in [0.4, 0.5) is 0 Å². The Hall–Kier alpha value is -1.58. The van der Waals surface area contributed by atoms with E-state index in [2.05, 4.69) is 5.16 Å². The average Bonchev–Trinajstić information content (AvgIpc) is 3.15. The third-order valence-corrected chi connectivity index (χ3v) is 12.6. The van der Waals surface area contributed by atoms with Gasteiger partial charge in [-0.1, -0.05) is 32.9 Å². The molecule has 17 heteroatoms. The van der Waals surface area contributed by atoms with Crippen LogP contribution in [0.25, 0.3) is 0 Å². The summed E-state index contributed by atoms with van der Waals surface area (Å²) in [5.41, 5.74) is -4.49. The fourth-order valence-electron chi connectivity index (χ4n) is 8.93. The first-order valence-corrected chi connectivity index (χ1v) is 20.8. The Morgan fingerprint density at radius 3 is 2.14 bits per heavy atom. The number of nitrogens with zero attached hydrogens (tertiary/aromatic N) is 2. The lowest BCUT2D eigenvalue weighted by atomic mass is 9.73. The standard InChI is InChI=1S/C41H76N2O15/c1-15-29-41(10,49)34(45)24(4)31(42-53-21-52-17-16-50-13)22(2)19-39(8,48)36(58-38-32(44)28(43(11)12)18-23(3)54-38)25(5)33(26(6)37(47)56-29)57-30-20-40(9,51-14)35(46)27(7)55-30/h22-30,32-36,38,44-46,48-49H,15-21H2,1-14H3/t22-,23?,24+,25+,26-,27?,28?,29-,30?,32?,33?,34-,35?,36-,38?,39-,40?,41-/m1/s1. The monoisotopic (exact) mass is 837 g/mol. The summed E-state index contributed by atoms with van der Waals surface area (Å²) in [6, 6.07) is -0.328. The van der Waals surface area contributed by atoms with Crippen LogP contribution < -0.4 is 0 Å². The second-order valence-corrected chi connectivity index (χ2v) is 17.7. The molecule has 5 N–H and O–H groups in total. The summed E-state index contributed by atoms with van der Waals surface area (Å²) in [6.07, 6.45) is -9.49. The number of hydrogen-bond donors (Lipinski definition) is 5. The maximum Gasteiger partial charge on any atom is 0.311 e. The number of likely N-dealkylation sites (N-methyl/N-ethyl adjacent to an activating group) is 1. The van der Waals surface area contributed by atoms with Gasteiger partial charge in [-0.2, -0.15) is 0 Å². The molecule has 0 aromatic carbocycles. The average molecular weight is 837 g/mol. The van der Waals surface area contributed by atoms with Crippen molar-refractivity contribution >= 4 is 11.7 Å². The molecule has 0 bridgehead atoms. The van der Waals surface area contributed by atoms with E-state index in [9.17, 15) is 30.3 Å². The zero-order valence-corrected chi connectivity index (χ0v) is 37.3. The molecule has 0 radical (unpaired) electrons. The fourth-order valence-corrected chi connectivity index (χ4v) is 8.93. The minimum atomic E-state index is -1.97. The van der Waals surface area contributed by atoms with Crippen molar-refractivity contribution in [3.63, 3.8) is 0 Å². The van der Waals surface area contributed by atoms with Crippen molar-refractivity contribution < 1.29 is 73.1 Å². The lowest BCUT2D eigenvalue weighted by molar-refractivity contribution is -0.317. The van der Waals surface area contributed by atoms with Gasteiger partial charge in [0.2, 0.25) is 6.79 Å². The van der Waals surface area contributed by atoms with E-state index in [4.69, 9.17) is 42.7 Å². The number of aliphatic hydroxyl groups is 5. The molecule has 3 rings (SSSR count). The largest absolute Gasteiger partial charge is 0.459 e. The molecule has 0 saturated carbocycles. The highest BCUT2D eigenvalue weighted by molar-refractivity contribution is 5.88. The molecule has 0 aromatic heterocycles. The van der Waals surface area contributed by atoms with E-state index in [0.717, 1.165) is 0 Å². The third-order valence-electron chi connectivity index (χ3n) is 12.6. The zero-order chi connectivity index (χ0) is 43.9. The fraction of sp³-hybridized carbons (Fsp3) is 0.951. The molecule has 18 atom stereocenters. The second kappa shape index (κ2) is 21.5. The van der Waals surface area contributed by atoms with Crippen LogP contribution in [-0.4, -0.2) is 175 Å². The number of methoxy groups -OCH3 is 2. The first kappa shape index (κ1) is 50.8. The van der Waals surface area contributed by atoms with Gasteiger partial charge in [-0.3, -0.25) is 4.79 Å². The highest BCUT2D eigenvalue weighted by Gasteiger charge is 2.53. The summed E-state index contributed by atoms with van der Waals surface area (Å²) in [4.78, 5) is 21.8. The van der Waals surface area contributed by atoms with E-state index in [1.807, 2.05) is 32.8 Å². The van der Waals surface area contributed by atoms with Gasteiger partial charge in [0.05, 0.1) is 66.6 Å². The molecule has 0 aromatic rings. The Morgan fingerprint density at radius 1 is 0.897 bits per heavy atom. The van der Waals surface area contributed by atoms with E-state index in [1.54, 1.807) is 55.6 Å². The van der Waals surface area contributed by atoms with Crippen molar-refractivity contribution in [2.45, 2.75) is 179 Å². The number of carbonyl (C=O) groups excluding carboxylic acids is 1. The van der Waals surface area contributed by atoms with Gasteiger partial charge >= 0.3 is 5.97 Å². The minimum Gasteiger partial charge on any atom is -0.459 e. The maximum atomic E-state index is 14.3. The Labute approximate surface area is 345 Å². The quantitative estimate of drug-likeness (QED) is 0.0778. The van der Waals surface area contributed by atoms with E-state index < -0.39 is 102 Å². The van der Waals surface area contributed by atoms with E-state index in [0.29, 0.717) is 18.7 Å². The van der Waals surface area contributed by atoms with Crippen LogP contribution >= 0.6 is 0 Å². The van der Waals surface area contributed by atoms with Crippen LogP contribution in [0.1, 0.15) is 94.9 Å². The predicted octanol–water partition coefficient (Wildman–Crippen LogP) is 2.21. The van der Waals surface area contributed by atoms with Crippen molar-refractivity contribution in [1.29, 1.82) is 0 Å². The lowest BCUT2D eigenvalue weighted by Gasteiger charge is -2.49. The SMILES string of the molecule is CC[C@H]1OC(=O)[C@H](C)C(OC2CC(C)(OC)C(O)C(C)O2)[C@H](C)[C@@H](OC2OC(C)CC(N(C)C)C2O)[C@](C)(O)C[C@@H](C)C(=NOCOCCOC)[C@H](C)[C@@H](O)[C@]1(C)O. The van der Waals surface area contributed by atoms with Crippen molar-refractivity contribution in [3.8, 4) is 0 Å². The van der Waals surface area contributed by atoms with Crippen molar-refractivity contribution in [3.05, 3.63) is 0 Å². The van der Waals surface area contributed by atoms with Gasteiger partial charge in [-0.25, -0.2) is 0 Å². The van der Waals surface area contributed by atoms with Crippen LogP contribution in [0, 0.1) is 23.7 Å². The number of cyclic esters (lactones) is 1. The number of aliphatic hydroxyl groups excluding tert-OH is 3. The molecule has 3 aliphatic rings. The Kier molecular flexibility index (Phi) is 18.8. The highest BCUT2D eigenvalue weighted by atomic mass is 16.7. The van der Waals surface area contributed by atoms with Gasteiger partial charge in [-0.05, 0) is 74.9 Å². The topological polar surface area (TPSA) is 217 Å². The number of carbonyl (C=O) groups is 1. The van der Waals surface area contributed by atoms with E-state index >= 15 is 0 Å². The zero-order valence-electron chi connectivity index (χ0n) is 37.3. The lowest BCUT2D eigenvalue weighted by Crippen LogP contribution is -2.61. The van der Waals surface area contributed by atoms with Crippen molar-refractivity contribution in [2.24, 2.45) is 28.8 Å². The first-order chi connectivity index (χ1) is 27.0. The molecule has 0 amide bonds. The molecule has 340 valence electrons. The molecule has 58 heavy (non-hydrogen) atoms. The summed E-state index contributed by atoms with van der Waals surface area (Å²) in [5, 5.41) is 63.6. The summed E-state index contributed by atoms with van der Waals surface area (Å²) in [6.45, 7) is 17.3. The molecule has 0 spiro atoms. The predicted molar refractivity (Wildman–Crippen MR) is 212 cm³/mol. The molecule has 17 nitrogen and oxygen atoms in total. The number of esters is 1. The molecule has 0 aliphatic carbocycles. The number of rotatable bonds is 13. The van der Waals surface area contributed by atoms with Crippen LogP contribution in [0.2, 0.25) is 0 Å². The van der Waals surface area contributed by atoms with E-state index in [1.165, 1.54) is 14.0 Å². The number of oxime groups is 1. The summed E-state index contributed by atoms with van der Waals surface area (Å²) in [7, 11) is 6.76. The van der Waals surface area contributed by atoms with E-state index in [-0.39, 0.29) is 44.8 Å². The van der Waals surface area contributed by atoms with Gasteiger partial charge in [-0.15, -0.1) is 0 Å². The van der Waals surface area contributed by atoms with Gasteiger partial charge in [0.15, 0.2) is 12.6 Å². The minimum absolute atomic E-state index is 0.0307. The number of hydrogen-bond acceptors (Lipinski definition) is 17. The van der Waals surface area contributed by atoms with Gasteiger partial charge in [0, 0.05) is 44.4 Å². The van der Waals surface area contributed by atoms with Crippen LogP contribution in [0.15, 0.2) is 5.16 Å². The Morgan fingerprint density at radius 2 is 1.55 bits per heavy atom. The molecular weight excluding hydrogens is 760 g/mol. The van der Waals surface area contributed by atoms with Gasteiger partial charge < -0.3 is 73.2 Å². The summed E-state index contributed by atoms with van der Waals surface area (Å²) < 4.78 is 48.1.